The summed E-state index contributed by atoms with van der Waals surface area (Å²) in [5.74, 6) is 1.47. The fraction of sp³-hybridized carbons (Fsp3) is 0.915. The molecule has 2 atom stereocenters. The van der Waals surface area contributed by atoms with Crippen LogP contribution in [0.4, 0.5) is 4.79 Å². The zero-order valence-corrected chi connectivity index (χ0v) is 36.8. The lowest BCUT2D eigenvalue weighted by molar-refractivity contribution is -0.155. The zero-order valence-electron chi connectivity index (χ0n) is 36.8. The third-order valence-corrected chi connectivity index (χ3v) is 13.0. The normalized spacial score (nSPS) is 21.9. The minimum absolute atomic E-state index is 0.00832. The van der Waals surface area contributed by atoms with Crippen molar-refractivity contribution < 1.29 is 42.9 Å². The molecule has 10 nitrogen and oxygen atoms in total. The van der Waals surface area contributed by atoms with Gasteiger partial charge in [0.25, 0.3) is 0 Å². The summed E-state index contributed by atoms with van der Waals surface area (Å²) in [7, 11) is 0. The average molecular weight is 806 g/mol. The summed E-state index contributed by atoms with van der Waals surface area (Å²) < 4.78 is 27.8. The van der Waals surface area contributed by atoms with E-state index in [0.717, 1.165) is 75.9 Å². The predicted octanol–water partition coefficient (Wildman–Crippen LogP) is 11.0. The Bertz CT molecular complexity index is 1090. The summed E-state index contributed by atoms with van der Waals surface area (Å²) in [6.07, 6.45) is 25.1. The summed E-state index contributed by atoms with van der Waals surface area (Å²) in [5.41, 5.74) is 0.0690. The Balaban J connectivity index is 1.35. The second-order valence-corrected chi connectivity index (χ2v) is 18.1. The van der Waals surface area contributed by atoms with Crippen molar-refractivity contribution in [2.45, 2.75) is 188 Å². The van der Waals surface area contributed by atoms with Crippen molar-refractivity contribution in [3.8, 4) is 0 Å². The molecule has 0 heterocycles. The van der Waals surface area contributed by atoms with Crippen molar-refractivity contribution in [1.29, 1.82) is 0 Å². The van der Waals surface area contributed by atoms with Gasteiger partial charge in [-0.2, -0.15) is 0 Å². The van der Waals surface area contributed by atoms with Gasteiger partial charge in [0.15, 0.2) is 0 Å². The molecule has 4 aliphatic carbocycles. The van der Waals surface area contributed by atoms with Crippen LogP contribution in [0.1, 0.15) is 188 Å². The Morgan fingerprint density at radius 3 is 1.53 bits per heavy atom. The molecule has 0 radical (unpaired) electrons. The highest BCUT2D eigenvalue weighted by Crippen LogP contribution is 2.61. The molecule has 4 aliphatic rings. The summed E-state index contributed by atoms with van der Waals surface area (Å²) in [5, 5.41) is 0. The molecular formula is C47H83NO9. The molecule has 4 rings (SSSR count). The fourth-order valence-electron chi connectivity index (χ4n) is 10.1. The van der Waals surface area contributed by atoms with Crippen molar-refractivity contribution in [3.05, 3.63) is 0 Å². The molecule has 330 valence electrons. The van der Waals surface area contributed by atoms with Crippen LogP contribution in [0, 0.1) is 35.0 Å². The average Bonchev–Trinajstić information content (AvgIpc) is 3.18. The Morgan fingerprint density at radius 1 is 0.526 bits per heavy atom. The Hall–Kier alpha value is -2.36. The van der Waals surface area contributed by atoms with Crippen LogP contribution >= 0.6 is 0 Å². The summed E-state index contributed by atoms with van der Waals surface area (Å²) in [4.78, 5) is 53.1. The smallest absolute Gasteiger partial charge is 0.465 e. The number of hydrogen-bond donors (Lipinski definition) is 0. The number of ether oxygens (including phenoxy) is 5. The van der Waals surface area contributed by atoms with E-state index in [0.29, 0.717) is 44.6 Å². The third kappa shape index (κ3) is 20.9. The monoisotopic (exact) mass is 806 g/mol. The first-order valence-corrected chi connectivity index (χ1v) is 23.7. The SMILES string of the molecule is CCCCCCCCC(CCCCCC)COC(=O)CCCCCC(=O)OCC(COC(=O)CC12CC3CC(CC(C3)C1)C2)COC(=O)OCCCN(CC)CC. The Morgan fingerprint density at radius 2 is 0.982 bits per heavy atom. The molecule has 4 bridgehead atoms. The van der Waals surface area contributed by atoms with Gasteiger partial charge >= 0.3 is 24.1 Å². The number of esters is 3. The zero-order chi connectivity index (χ0) is 41.1. The van der Waals surface area contributed by atoms with E-state index >= 15 is 0 Å². The number of hydrogen-bond acceptors (Lipinski definition) is 10. The lowest BCUT2D eigenvalue weighted by Gasteiger charge is -2.56. The van der Waals surface area contributed by atoms with E-state index in [2.05, 4.69) is 32.6 Å². The molecule has 4 fully saturated rings. The highest BCUT2D eigenvalue weighted by molar-refractivity contribution is 5.71. The molecule has 10 heteroatoms. The van der Waals surface area contributed by atoms with Crippen molar-refractivity contribution in [2.75, 3.05) is 52.7 Å². The van der Waals surface area contributed by atoms with Gasteiger partial charge in [0.1, 0.15) is 19.8 Å². The van der Waals surface area contributed by atoms with Crippen LogP contribution in [0.15, 0.2) is 0 Å². The van der Waals surface area contributed by atoms with E-state index < -0.39 is 12.1 Å². The van der Waals surface area contributed by atoms with Crippen LogP contribution in [-0.2, 0) is 38.1 Å². The molecule has 0 N–H and O–H groups in total. The van der Waals surface area contributed by atoms with Crippen LogP contribution in [-0.4, -0.2) is 81.6 Å². The summed E-state index contributed by atoms with van der Waals surface area (Å²) in [6, 6.07) is 0. The molecule has 4 saturated carbocycles. The lowest BCUT2D eigenvalue weighted by Crippen LogP contribution is -2.47. The number of rotatable bonds is 34. The maximum atomic E-state index is 13.2. The van der Waals surface area contributed by atoms with Gasteiger partial charge in [0.2, 0.25) is 0 Å². The second-order valence-electron chi connectivity index (χ2n) is 18.1. The molecule has 0 aromatic rings. The lowest BCUT2D eigenvalue weighted by atomic mass is 9.49. The van der Waals surface area contributed by atoms with E-state index in [4.69, 9.17) is 23.7 Å². The third-order valence-electron chi connectivity index (χ3n) is 13.0. The van der Waals surface area contributed by atoms with E-state index in [-0.39, 0.29) is 56.2 Å². The Kier molecular flexibility index (Phi) is 24.9. The molecule has 0 saturated heterocycles. The first-order valence-electron chi connectivity index (χ1n) is 23.7. The van der Waals surface area contributed by atoms with E-state index in [1.807, 2.05) is 0 Å². The van der Waals surface area contributed by atoms with Gasteiger partial charge in [-0.15, -0.1) is 0 Å². The largest absolute Gasteiger partial charge is 0.508 e. The van der Waals surface area contributed by atoms with Crippen LogP contribution in [0.2, 0.25) is 0 Å². The highest BCUT2D eigenvalue weighted by Gasteiger charge is 2.51. The molecule has 0 aromatic carbocycles. The minimum Gasteiger partial charge on any atom is -0.465 e. The maximum absolute atomic E-state index is 13.2. The topological polar surface area (TPSA) is 118 Å². The molecule has 0 amide bonds. The van der Waals surface area contributed by atoms with Crippen molar-refractivity contribution in [2.24, 2.45) is 35.0 Å². The van der Waals surface area contributed by atoms with E-state index in [9.17, 15) is 19.2 Å². The number of carbonyl (C=O) groups excluding carboxylic acids is 4. The summed E-state index contributed by atoms with van der Waals surface area (Å²) >= 11 is 0. The predicted molar refractivity (Wildman–Crippen MR) is 225 cm³/mol. The van der Waals surface area contributed by atoms with E-state index in [1.165, 1.54) is 83.5 Å². The van der Waals surface area contributed by atoms with Crippen molar-refractivity contribution in [3.63, 3.8) is 0 Å². The Labute approximate surface area is 346 Å². The molecule has 0 aliphatic heterocycles. The first-order chi connectivity index (χ1) is 27.7. The van der Waals surface area contributed by atoms with Crippen LogP contribution in [0.25, 0.3) is 0 Å². The van der Waals surface area contributed by atoms with Gasteiger partial charge < -0.3 is 28.6 Å². The molecule has 57 heavy (non-hydrogen) atoms. The van der Waals surface area contributed by atoms with Crippen LogP contribution in [0.3, 0.4) is 0 Å². The quantitative estimate of drug-likeness (QED) is 0.0353. The van der Waals surface area contributed by atoms with Gasteiger partial charge in [-0.1, -0.05) is 98.3 Å². The standard InChI is InChI=1S/C47H83NO9/c1-5-9-11-13-14-17-22-38(21-16-12-10-6-2)34-54-43(49)23-18-15-19-24-44(50)55-35-42(37-57-46(52)53-26-20-25-48(7-3)8-4)36-56-45(51)33-47-30-39-27-40(31-47)29-41(28-39)32-47/h38-42H,5-37H2,1-4H3. The van der Waals surface area contributed by atoms with Gasteiger partial charge in [-0.25, -0.2) is 4.79 Å². The first kappa shape index (κ1) is 49.0. The number of nitrogens with zero attached hydrogens (tertiary/aromatic N) is 1. The van der Waals surface area contributed by atoms with Gasteiger partial charge in [-0.3, -0.25) is 14.4 Å². The van der Waals surface area contributed by atoms with Gasteiger partial charge in [-0.05, 0) is 113 Å². The second kappa shape index (κ2) is 29.0. The van der Waals surface area contributed by atoms with E-state index in [1.54, 1.807) is 0 Å². The van der Waals surface area contributed by atoms with Gasteiger partial charge in [0, 0.05) is 19.4 Å². The maximum Gasteiger partial charge on any atom is 0.508 e. The highest BCUT2D eigenvalue weighted by atomic mass is 16.7. The number of unbranched alkanes of at least 4 members (excludes halogenated alkanes) is 10. The molecule has 0 spiro atoms. The number of carbonyl (C=O) groups is 4. The molecule has 0 aromatic heterocycles. The van der Waals surface area contributed by atoms with Crippen molar-refractivity contribution >= 4 is 24.1 Å². The van der Waals surface area contributed by atoms with Crippen molar-refractivity contribution in [1.82, 2.24) is 4.90 Å². The molecular weight excluding hydrogens is 723 g/mol. The van der Waals surface area contributed by atoms with Gasteiger partial charge in [0.05, 0.1) is 25.6 Å². The minimum atomic E-state index is -0.774. The molecule has 2 unspecified atom stereocenters. The summed E-state index contributed by atoms with van der Waals surface area (Å²) in [6.45, 7) is 12.1. The van der Waals surface area contributed by atoms with Crippen LogP contribution in [0.5, 0.6) is 0 Å². The fourth-order valence-corrected chi connectivity index (χ4v) is 10.1. The van der Waals surface area contributed by atoms with Crippen LogP contribution < -0.4 is 0 Å².